The second kappa shape index (κ2) is 5.02. The average Bonchev–Trinajstić information content (AvgIpc) is 2.80. The van der Waals surface area contributed by atoms with E-state index in [4.69, 9.17) is 0 Å². The van der Waals surface area contributed by atoms with Crippen molar-refractivity contribution in [2.75, 3.05) is 0 Å². The number of ketones is 1. The number of hydrogen-bond donors (Lipinski definition) is 0. The van der Waals surface area contributed by atoms with Crippen LogP contribution in [0.1, 0.15) is 40.5 Å². The molecule has 3 rings (SSSR count). The topological polar surface area (TPSA) is 22.0 Å². The van der Waals surface area contributed by atoms with Crippen molar-refractivity contribution in [2.45, 2.75) is 26.8 Å². The van der Waals surface area contributed by atoms with Gasteiger partial charge >= 0.3 is 0 Å². The van der Waals surface area contributed by atoms with Crippen LogP contribution in [0.2, 0.25) is 0 Å². The quantitative estimate of drug-likeness (QED) is 0.668. The van der Waals surface area contributed by atoms with E-state index in [0.29, 0.717) is 12.3 Å². The van der Waals surface area contributed by atoms with Gasteiger partial charge in [-0.15, -0.1) is 0 Å². The number of hydrogen-bond acceptors (Lipinski definition) is 1. The Morgan fingerprint density at radius 2 is 2.00 bits per heavy atom. The van der Waals surface area contributed by atoms with Crippen molar-refractivity contribution in [3.63, 3.8) is 0 Å². The Kier molecular flexibility index (Phi) is 3.20. The molecule has 2 heterocycles. The number of rotatable bonds is 0. The zero-order valence-corrected chi connectivity index (χ0v) is 11.8. The zero-order valence-electron chi connectivity index (χ0n) is 11.8. The van der Waals surface area contributed by atoms with Gasteiger partial charge in [-0.1, -0.05) is 30.9 Å². The Labute approximate surface area is 119 Å². The van der Waals surface area contributed by atoms with Gasteiger partial charge in [-0.05, 0) is 36.6 Å². The molecule has 0 fully saturated rings. The van der Waals surface area contributed by atoms with Crippen LogP contribution in [0.25, 0.3) is 0 Å². The summed E-state index contributed by atoms with van der Waals surface area (Å²) in [7, 11) is 0. The van der Waals surface area contributed by atoms with Gasteiger partial charge in [0.1, 0.15) is 0 Å². The van der Waals surface area contributed by atoms with Crippen LogP contribution < -0.4 is 0 Å². The first kappa shape index (κ1) is 12.7. The third-order valence-electron chi connectivity index (χ3n) is 3.59. The highest BCUT2D eigenvalue weighted by Crippen LogP contribution is 2.21. The number of aryl methyl sites for hydroxylation is 1. The molecule has 0 bridgehead atoms. The van der Waals surface area contributed by atoms with Gasteiger partial charge < -0.3 is 4.57 Å². The van der Waals surface area contributed by atoms with Crippen LogP contribution in [0, 0.1) is 24.7 Å². The Balaban J connectivity index is 1.90. The number of aromatic nitrogens is 1. The summed E-state index contributed by atoms with van der Waals surface area (Å²) in [5, 5.41) is 0. The van der Waals surface area contributed by atoms with Crippen LogP contribution in [0.15, 0.2) is 36.5 Å². The van der Waals surface area contributed by atoms with E-state index in [1.54, 1.807) is 0 Å². The second-order valence-electron chi connectivity index (χ2n) is 5.62. The van der Waals surface area contributed by atoms with E-state index < -0.39 is 0 Å². The standard InChI is InChI=1S/C18H17NO/c1-13-4-3-5-15(8-13)6-7-16-10-17-18(20)9-14(2)11-19(17)12-16/h3-5,8,10,12,14H,9,11H2,1-2H3. The van der Waals surface area contributed by atoms with Crippen molar-refractivity contribution in [1.82, 2.24) is 4.57 Å². The molecule has 1 aromatic heterocycles. The molecule has 0 aliphatic carbocycles. The zero-order chi connectivity index (χ0) is 14.1. The summed E-state index contributed by atoms with van der Waals surface area (Å²) >= 11 is 0. The third-order valence-corrected chi connectivity index (χ3v) is 3.59. The Morgan fingerprint density at radius 1 is 1.20 bits per heavy atom. The number of Topliss-reactive ketones (excluding diaryl/α,β-unsaturated/α-hetero) is 1. The van der Waals surface area contributed by atoms with Crippen molar-refractivity contribution in [2.24, 2.45) is 5.92 Å². The molecule has 1 aliphatic rings. The lowest BCUT2D eigenvalue weighted by atomic mass is 9.99. The largest absolute Gasteiger partial charge is 0.344 e. The molecule has 1 unspecified atom stereocenters. The molecule has 0 N–H and O–H groups in total. The van der Waals surface area contributed by atoms with E-state index in [2.05, 4.69) is 37.8 Å². The van der Waals surface area contributed by atoms with E-state index in [-0.39, 0.29) is 5.78 Å². The summed E-state index contributed by atoms with van der Waals surface area (Å²) < 4.78 is 2.04. The Hall–Kier alpha value is -2.27. The maximum Gasteiger partial charge on any atom is 0.179 e. The van der Waals surface area contributed by atoms with Gasteiger partial charge in [0.25, 0.3) is 0 Å². The van der Waals surface area contributed by atoms with Gasteiger partial charge in [0.05, 0.1) is 5.69 Å². The number of fused-ring (bicyclic) bond motifs is 1. The summed E-state index contributed by atoms with van der Waals surface area (Å²) in [4.78, 5) is 12.0. The number of benzene rings is 1. The normalized spacial score (nSPS) is 17.3. The van der Waals surface area contributed by atoms with Crippen molar-refractivity contribution < 1.29 is 4.79 Å². The van der Waals surface area contributed by atoms with Gasteiger partial charge in [0, 0.05) is 30.3 Å². The fourth-order valence-corrected chi connectivity index (χ4v) is 2.65. The smallest absolute Gasteiger partial charge is 0.179 e. The predicted molar refractivity (Wildman–Crippen MR) is 79.7 cm³/mol. The summed E-state index contributed by atoms with van der Waals surface area (Å²) in [5.74, 6) is 6.97. The van der Waals surface area contributed by atoms with Gasteiger partial charge in [0.15, 0.2) is 5.78 Å². The van der Waals surface area contributed by atoms with E-state index in [1.165, 1.54) is 5.56 Å². The predicted octanol–water partition coefficient (Wildman–Crippen LogP) is 3.42. The maximum atomic E-state index is 12.0. The van der Waals surface area contributed by atoms with Crippen molar-refractivity contribution in [3.8, 4) is 11.8 Å². The van der Waals surface area contributed by atoms with Crippen molar-refractivity contribution in [1.29, 1.82) is 0 Å². The summed E-state index contributed by atoms with van der Waals surface area (Å²) in [6.45, 7) is 5.08. The Bertz CT molecular complexity index is 727. The van der Waals surface area contributed by atoms with E-state index in [1.807, 2.05) is 29.0 Å². The highest BCUT2D eigenvalue weighted by Gasteiger charge is 2.22. The lowest BCUT2D eigenvalue weighted by Crippen LogP contribution is -2.22. The minimum Gasteiger partial charge on any atom is -0.344 e. The van der Waals surface area contributed by atoms with Crippen LogP contribution in [0.4, 0.5) is 0 Å². The molecule has 2 aromatic rings. The molecule has 0 saturated heterocycles. The molecule has 0 radical (unpaired) electrons. The van der Waals surface area contributed by atoms with Crippen molar-refractivity contribution >= 4 is 5.78 Å². The highest BCUT2D eigenvalue weighted by atomic mass is 16.1. The van der Waals surface area contributed by atoms with Gasteiger partial charge in [-0.2, -0.15) is 0 Å². The SMILES string of the molecule is Cc1cccc(C#Cc2cc3n(c2)CC(C)CC3=O)c1. The fraction of sp³-hybridized carbons (Fsp3) is 0.278. The lowest BCUT2D eigenvalue weighted by Gasteiger charge is -2.19. The molecule has 2 nitrogen and oxygen atoms in total. The molecule has 2 heteroatoms. The molecule has 1 atom stereocenters. The first-order chi connectivity index (χ1) is 9.61. The minimum absolute atomic E-state index is 0.229. The maximum absolute atomic E-state index is 12.0. The number of nitrogens with zero attached hydrogens (tertiary/aromatic N) is 1. The van der Waals surface area contributed by atoms with Gasteiger partial charge in [0.2, 0.25) is 0 Å². The van der Waals surface area contributed by atoms with E-state index in [9.17, 15) is 4.79 Å². The third kappa shape index (κ3) is 2.53. The molecule has 0 saturated carbocycles. The summed E-state index contributed by atoms with van der Waals surface area (Å²) in [6.07, 6.45) is 2.64. The van der Waals surface area contributed by atoms with Gasteiger partial charge in [-0.25, -0.2) is 0 Å². The van der Waals surface area contributed by atoms with Gasteiger partial charge in [-0.3, -0.25) is 4.79 Å². The molecular weight excluding hydrogens is 246 g/mol. The molecule has 20 heavy (non-hydrogen) atoms. The first-order valence-corrected chi connectivity index (χ1v) is 6.94. The molecule has 0 spiro atoms. The molecule has 100 valence electrons. The summed E-state index contributed by atoms with van der Waals surface area (Å²) in [5.41, 5.74) is 3.94. The first-order valence-electron chi connectivity index (χ1n) is 6.94. The van der Waals surface area contributed by atoms with E-state index in [0.717, 1.165) is 23.4 Å². The van der Waals surface area contributed by atoms with Crippen molar-refractivity contribution in [3.05, 3.63) is 58.9 Å². The highest BCUT2D eigenvalue weighted by molar-refractivity contribution is 5.95. The average molecular weight is 263 g/mol. The molecule has 1 aliphatic heterocycles. The summed E-state index contributed by atoms with van der Waals surface area (Å²) in [6, 6.07) is 10.0. The lowest BCUT2D eigenvalue weighted by molar-refractivity contribution is 0.0929. The number of carbonyl (C=O) groups is 1. The monoisotopic (exact) mass is 263 g/mol. The van der Waals surface area contributed by atoms with Crippen LogP contribution >= 0.6 is 0 Å². The molecular formula is C18H17NO. The number of carbonyl (C=O) groups excluding carboxylic acids is 1. The van der Waals surface area contributed by atoms with Crippen LogP contribution in [0.5, 0.6) is 0 Å². The van der Waals surface area contributed by atoms with E-state index >= 15 is 0 Å². The Morgan fingerprint density at radius 3 is 2.80 bits per heavy atom. The van der Waals surface area contributed by atoms with Crippen LogP contribution in [0.3, 0.4) is 0 Å². The minimum atomic E-state index is 0.229. The molecule has 1 aromatic carbocycles. The second-order valence-corrected chi connectivity index (χ2v) is 5.62. The fourth-order valence-electron chi connectivity index (χ4n) is 2.65. The van der Waals surface area contributed by atoms with Crippen LogP contribution in [-0.2, 0) is 6.54 Å². The van der Waals surface area contributed by atoms with Crippen LogP contribution in [-0.4, -0.2) is 10.4 Å². The molecule has 0 amide bonds.